The minimum absolute atomic E-state index is 0.0310. The predicted octanol–water partition coefficient (Wildman–Crippen LogP) is 5.19. The van der Waals surface area contributed by atoms with Crippen molar-refractivity contribution in [1.29, 1.82) is 0 Å². The summed E-state index contributed by atoms with van der Waals surface area (Å²) in [5.41, 5.74) is -2.80. The van der Waals surface area contributed by atoms with Gasteiger partial charge in [-0.15, -0.1) is 0 Å². The van der Waals surface area contributed by atoms with Gasteiger partial charge in [0, 0.05) is 24.3 Å². The quantitative estimate of drug-likeness (QED) is 0.266. The number of methoxy groups -OCH3 is 1. The number of benzene rings is 1. The van der Waals surface area contributed by atoms with Crippen LogP contribution in [0.3, 0.4) is 0 Å². The SMILES string of the molecule is CC[C@@H]1C[C@H](C)CC/C=C\[C@@H]2C[C@@]2(C(=O)NS(=O)(=O)C2CC2)NC(=O)[C@@H]2C[C@@H](Oc3nc4cc(OC)ccc4nc3C3CC3)CN2C(=O)[C@H]1NC(=O)OC(C)(C)C(F)(F)F. The zero-order valence-corrected chi connectivity index (χ0v) is 35.2. The summed E-state index contributed by atoms with van der Waals surface area (Å²) in [6.45, 7) is 4.97. The lowest BCUT2D eigenvalue weighted by atomic mass is 9.85. The number of carbonyl (C=O) groups excluding carboxylic acids is 4. The van der Waals surface area contributed by atoms with Crippen LogP contribution in [-0.2, 0) is 29.1 Å². The van der Waals surface area contributed by atoms with Crippen LogP contribution >= 0.6 is 0 Å². The maximum absolute atomic E-state index is 15.0. The zero-order valence-electron chi connectivity index (χ0n) is 34.3. The summed E-state index contributed by atoms with van der Waals surface area (Å²) in [5.74, 6) is -2.73. The molecule has 3 saturated carbocycles. The molecule has 0 bridgehead atoms. The second-order valence-corrected chi connectivity index (χ2v) is 19.5. The van der Waals surface area contributed by atoms with Crippen LogP contribution in [0.1, 0.15) is 104 Å². The second-order valence-electron chi connectivity index (χ2n) is 17.5. The van der Waals surface area contributed by atoms with E-state index in [1.54, 1.807) is 31.2 Å². The summed E-state index contributed by atoms with van der Waals surface area (Å²) in [6, 6.07) is 2.52. The van der Waals surface area contributed by atoms with Crippen LogP contribution in [0.25, 0.3) is 11.0 Å². The highest BCUT2D eigenvalue weighted by molar-refractivity contribution is 7.91. The van der Waals surface area contributed by atoms with Gasteiger partial charge in [0.25, 0.3) is 5.91 Å². The van der Waals surface area contributed by atoms with E-state index < -0.39 is 86.4 Å². The first-order valence-corrected chi connectivity index (χ1v) is 22.2. The normalized spacial score (nSPS) is 29.6. The zero-order chi connectivity index (χ0) is 43.4. The highest BCUT2D eigenvalue weighted by Crippen LogP contribution is 2.47. The molecule has 3 heterocycles. The molecule has 4 fully saturated rings. The smallest absolute Gasteiger partial charge is 0.427 e. The van der Waals surface area contributed by atoms with E-state index in [0.717, 1.165) is 12.8 Å². The van der Waals surface area contributed by atoms with Crippen LogP contribution in [0.2, 0.25) is 0 Å². The highest BCUT2D eigenvalue weighted by Gasteiger charge is 2.62. The van der Waals surface area contributed by atoms with Crippen molar-refractivity contribution >= 4 is 44.9 Å². The second kappa shape index (κ2) is 16.3. The molecule has 1 saturated heterocycles. The minimum atomic E-state index is -4.91. The molecule has 7 atom stereocenters. The van der Waals surface area contributed by atoms with Crippen molar-refractivity contribution in [2.75, 3.05) is 13.7 Å². The molecule has 2 aromatic rings. The molecule has 0 unspecified atom stereocenters. The van der Waals surface area contributed by atoms with Crippen molar-refractivity contribution in [3.05, 3.63) is 36.0 Å². The van der Waals surface area contributed by atoms with Crippen molar-refractivity contribution in [3.63, 3.8) is 0 Å². The summed E-state index contributed by atoms with van der Waals surface area (Å²) >= 11 is 0. The number of carbonyl (C=O) groups is 4. The predicted molar refractivity (Wildman–Crippen MR) is 211 cm³/mol. The van der Waals surface area contributed by atoms with Crippen molar-refractivity contribution < 1.29 is 55.0 Å². The number of hydrogen-bond donors (Lipinski definition) is 3. The fourth-order valence-electron chi connectivity index (χ4n) is 8.19. The molecule has 19 heteroatoms. The number of nitrogens with one attached hydrogen (secondary N) is 3. The fourth-order valence-corrected chi connectivity index (χ4v) is 9.55. The third kappa shape index (κ3) is 9.15. The minimum Gasteiger partial charge on any atom is -0.497 e. The number of nitrogens with zero attached hydrogens (tertiary/aromatic N) is 3. The number of ether oxygens (including phenoxy) is 3. The number of aromatic nitrogens is 2. The van der Waals surface area contributed by atoms with E-state index in [-0.39, 0.29) is 37.1 Å². The van der Waals surface area contributed by atoms with Crippen LogP contribution in [-0.4, -0.2) is 102 Å². The molecule has 7 rings (SSSR count). The summed E-state index contributed by atoms with van der Waals surface area (Å²) in [6.07, 6.45) is 0.877. The third-order valence-corrected chi connectivity index (χ3v) is 14.2. The van der Waals surface area contributed by atoms with E-state index in [4.69, 9.17) is 24.2 Å². The van der Waals surface area contributed by atoms with E-state index >= 15 is 0 Å². The average molecular weight is 863 g/mol. The van der Waals surface area contributed by atoms with Gasteiger partial charge in [0.2, 0.25) is 33.3 Å². The maximum atomic E-state index is 15.0. The van der Waals surface area contributed by atoms with E-state index in [9.17, 15) is 40.8 Å². The number of alkyl halides is 3. The Morgan fingerprint density at radius 1 is 1.05 bits per heavy atom. The number of rotatable bonds is 10. The number of amides is 4. The molecule has 3 N–H and O–H groups in total. The van der Waals surface area contributed by atoms with Crippen LogP contribution in [0, 0.1) is 17.8 Å². The van der Waals surface area contributed by atoms with Gasteiger partial charge >= 0.3 is 12.3 Å². The number of allylic oxidation sites excluding steroid dienone is 1. The first-order chi connectivity index (χ1) is 28.2. The maximum Gasteiger partial charge on any atom is 0.427 e. The van der Waals surface area contributed by atoms with E-state index in [0.29, 0.717) is 74.8 Å². The first-order valence-electron chi connectivity index (χ1n) is 20.7. The lowest BCUT2D eigenvalue weighted by Crippen LogP contribution is -2.59. The Hall–Kier alpha value is -4.68. The Labute approximate surface area is 347 Å². The Bertz CT molecular complexity index is 2160. The van der Waals surface area contributed by atoms with Gasteiger partial charge in [-0.3, -0.25) is 19.1 Å². The molecule has 15 nitrogen and oxygen atoms in total. The highest BCUT2D eigenvalue weighted by atomic mass is 32.2. The van der Waals surface area contributed by atoms with Gasteiger partial charge in [-0.25, -0.2) is 23.2 Å². The average Bonchev–Trinajstić information content (AvgIpc) is 4.07. The monoisotopic (exact) mass is 862 g/mol. The summed E-state index contributed by atoms with van der Waals surface area (Å²) in [7, 11) is -2.46. The topological polar surface area (TPSA) is 195 Å². The molecule has 5 aliphatic rings. The molecular formula is C41H53F3N6O9S. The van der Waals surface area contributed by atoms with Gasteiger partial charge in [0.15, 0.2) is 0 Å². The fraction of sp³-hybridized carbons (Fsp3) is 0.659. The van der Waals surface area contributed by atoms with Gasteiger partial charge in [-0.05, 0) is 89.2 Å². The Morgan fingerprint density at radius 2 is 1.78 bits per heavy atom. The molecule has 2 aliphatic heterocycles. The summed E-state index contributed by atoms with van der Waals surface area (Å²) in [4.78, 5) is 67.6. The number of sulfonamides is 1. The van der Waals surface area contributed by atoms with Crippen molar-refractivity contribution in [3.8, 4) is 11.6 Å². The number of hydrogen-bond acceptors (Lipinski definition) is 11. The Kier molecular flexibility index (Phi) is 11.8. The molecule has 4 amide bonds. The van der Waals surface area contributed by atoms with Crippen molar-refractivity contribution in [1.82, 2.24) is 30.2 Å². The van der Waals surface area contributed by atoms with E-state index in [1.165, 1.54) is 12.0 Å². The van der Waals surface area contributed by atoms with Crippen LogP contribution < -0.4 is 24.8 Å². The van der Waals surface area contributed by atoms with Crippen LogP contribution in [0.4, 0.5) is 18.0 Å². The molecule has 328 valence electrons. The van der Waals surface area contributed by atoms with Crippen molar-refractivity contribution in [2.24, 2.45) is 17.8 Å². The van der Waals surface area contributed by atoms with Crippen LogP contribution in [0.5, 0.6) is 11.6 Å². The molecular weight excluding hydrogens is 810 g/mol. The van der Waals surface area contributed by atoms with E-state index in [2.05, 4.69) is 15.4 Å². The van der Waals surface area contributed by atoms with Gasteiger partial charge in [0.05, 0.1) is 29.9 Å². The summed E-state index contributed by atoms with van der Waals surface area (Å²) < 4.78 is 86.3. The number of fused-ring (bicyclic) bond motifs is 3. The molecule has 3 aliphatic carbocycles. The first kappa shape index (κ1) is 43.4. The van der Waals surface area contributed by atoms with E-state index in [1.807, 2.05) is 13.0 Å². The van der Waals surface area contributed by atoms with Crippen LogP contribution in [0.15, 0.2) is 30.4 Å². The number of halogens is 3. The van der Waals surface area contributed by atoms with Crippen molar-refractivity contribution in [2.45, 2.75) is 139 Å². The van der Waals surface area contributed by atoms with Gasteiger partial charge in [-0.2, -0.15) is 13.2 Å². The molecule has 0 spiro atoms. The largest absolute Gasteiger partial charge is 0.497 e. The third-order valence-electron chi connectivity index (χ3n) is 12.4. The number of alkyl carbamates (subject to hydrolysis) is 1. The Balaban J connectivity index is 1.25. The molecule has 1 aromatic carbocycles. The molecule has 60 heavy (non-hydrogen) atoms. The van der Waals surface area contributed by atoms with Gasteiger partial charge < -0.3 is 29.7 Å². The molecule has 1 aromatic heterocycles. The Morgan fingerprint density at radius 3 is 2.43 bits per heavy atom. The van der Waals surface area contributed by atoms with Gasteiger partial charge in [0.1, 0.15) is 35.2 Å². The summed E-state index contributed by atoms with van der Waals surface area (Å²) in [5, 5.41) is 4.56. The van der Waals surface area contributed by atoms with Gasteiger partial charge in [-0.1, -0.05) is 32.4 Å². The standard InChI is InChI=1S/C41H53F3N6O9S/c1-6-23-17-22(2)9-7-8-10-25-20-40(25,37(53)49-60(55,56)28-14-15-28)48-34(51)31-19-27(21-50(31)36(52)33(23)47-38(54)59-39(3,4)41(42,43)44)58-35-32(24-11-12-24)45-29-16-13-26(57-5)18-30(29)46-35/h8,10,13,16,18,22-25,27-28,31,33H,6-7,9,11-12,14-15,17,19-21H2,1-5H3,(H,47,54)(H,48,51)(H,49,53)/b10-8-/t22-,23-,25-,27-,31+,33+,40-/m1/s1. The lowest BCUT2D eigenvalue weighted by molar-refractivity contribution is -0.244. The molecule has 0 radical (unpaired) electrons. The lowest BCUT2D eigenvalue weighted by Gasteiger charge is -2.35.